The zero-order valence-electron chi connectivity index (χ0n) is 12.9. The summed E-state index contributed by atoms with van der Waals surface area (Å²) in [7, 11) is 0. The molecule has 2 aromatic rings. The maximum Gasteiger partial charge on any atom is 0.221 e. The maximum absolute atomic E-state index is 12.8. The Morgan fingerprint density at radius 3 is 2.48 bits per heavy atom. The van der Waals surface area contributed by atoms with Crippen molar-refractivity contribution in [2.75, 3.05) is 36.5 Å². The Morgan fingerprint density at radius 1 is 1.13 bits per heavy atom. The molecular weight excluding hydrogens is 312 g/mol. The van der Waals surface area contributed by atoms with Crippen LogP contribution in [0.5, 0.6) is 0 Å². The van der Waals surface area contributed by atoms with Gasteiger partial charge in [0.1, 0.15) is 5.00 Å². The van der Waals surface area contributed by atoms with Crippen LogP contribution >= 0.6 is 11.3 Å². The van der Waals surface area contributed by atoms with E-state index in [0.29, 0.717) is 24.5 Å². The van der Waals surface area contributed by atoms with E-state index < -0.39 is 0 Å². The van der Waals surface area contributed by atoms with E-state index in [-0.39, 0.29) is 11.7 Å². The lowest BCUT2D eigenvalue weighted by Crippen LogP contribution is -2.36. The van der Waals surface area contributed by atoms with Crippen LogP contribution in [-0.2, 0) is 9.53 Å². The molecule has 6 heteroatoms. The van der Waals surface area contributed by atoms with Crippen molar-refractivity contribution in [3.63, 3.8) is 0 Å². The van der Waals surface area contributed by atoms with Crippen LogP contribution in [0.1, 0.15) is 22.8 Å². The van der Waals surface area contributed by atoms with Crippen molar-refractivity contribution < 1.29 is 14.3 Å². The molecule has 1 aliphatic rings. The number of ketones is 1. The zero-order chi connectivity index (χ0) is 16.2. The van der Waals surface area contributed by atoms with Crippen LogP contribution in [0.3, 0.4) is 0 Å². The Hall–Kier alpha value is -2.18. The SMILES string of the molecule is CC(=O)Nc1ccc(C(=O)c2ccsc2N2CCOCC2)cc1. The molecule has 1 aromatic heterocycles. The summed E-state index contributed by atoms with van der Waals surface area (Å²) in [5.41, 5.74) is 2.03. The average molecular weight is 330 g/mol. The number of benzene rings is 1. The number of nitrogens with zero attached hydrogens (tertiary/aromatic N) is 1. The molecule has 1 aromatic carbocycles. The lowest BCUT2D eigenvalue weighted by Gasteiger charge is -2.28. The summed E-state index contributed by atoms with van der Waals surface area (Å²) in [6, 6.07) is 8.85. The van der Waals surface area contributed by atoms with Crippen LogP contribution < -0.4 is 10.2 Å². The number of morpholine rings is 1. The fourth-order valence-corrected chi connectivity index (χ4v) is 3.50. The van der Waals surface area contributed by atoms with Gasteiger partial charge in [-0.15, -0.1) is 11.3 Å². The second-order valence-corrected chi connectivity index (χ2v) is 6.22. The van der Waals surface area contributed by atoms with E-state index in [1.807, 2.05) is 11.4 Å². The summed E-state index contributed by atoms with van der Waals surface area (Å²) in [5.74, 6) is -0.126. The van der Waals surface area contributed by atoms with Gasteiger partial charge in [-0.1, -0.05) is 0 Å². The van der Waals surface area contributed by atoms with E-state index in [1.54, 1.807) is 35.6 Å². The largest absolute Gasteiger partial charge is 0.378 e. The van der Waals surface area contributed by atoms with Crippen molar-refractivity contribution in [3.05, 3.63) is 46.8 Å². The molecule has 120 valence electrons. The van der Waals surface area contributed by atoms with Crippen molar-refractivity contribution in [1.29, 1.82) is 0 Å². The molecule has 1 aliphatic heterocycles. The summed E-state index contributed by atoms with van der Waals surface area (Å²) >= 11 is 1.58. The molecule has 0 aliphatic carbocycles. The molecule has 0 radical (unpaired) electrons. The second kappa shape index (κ2) is 6.93. The normalized spacial score (nSPS) is 14.6. The summed E-state index contributed by atoms with van der Waals surface area (Å²) in [6.45, 7) is 4.46. The Kier molecular flexibility index (Phi) is 4.73. The summed E-state index contributed by atoms with van der Waals surface area (Å²) in [5, 5.41) is 5.65. The Bertz CT molecular complexity index is 703. The first-order valence-corrected chi connectivity index (χ1v) is 8.35. The predicted molar refractivity (Wildman–Crippen MR) is 91.5 cm³/mol. The third-order valence-electron chi connectivity index (χ3n) is 3.66. The van der Waals surface area contributed by atoms with Gasteiger partial charge >= 0.3 is 0 Å². The van der Waals surface area contributed by atoms with Crippen molar-refractivity contribution in [1.82, 2.24) is 0 Å². The smallest absolute Gasteiger partial charge is 0.221 e. The van der Waals surface area contributed by atoms with Crippen molar-refractivity contribution in [2.24, 2.45) is 0 Å². The van der Waals surface area contributed by atoms with Gasteiger partial charge in [0.05, 0.1) is 18.8 Å². The van der Waals surface area contributed by atoms with E-state index in [9.17, 15) is 9.59 Å². The van der Waals surface area contributed by atoms with Gasteiger partial charge in [0.25, 0.3) is 0 Å². The standard InChI is InChI=1S/C17H18N2O3S/c1-12(20)18-14-4-2-13(3-5-14)16(21)15-6-11-23-17(15)19-7-9-22-10-8-19/h2-6,11H,7-10H2,1H3,(H,18,20). The van der Waals surface area contributed by atoms with Crippen LogP contribution in [0.4, 0.5) is 10.7 Å². The monoisotopic (exact) mass is 330 g/mol. The van der Waals surface area contributed by atoms with Crippen molar-refractivity contribution in [2.45, 2.75) is 6.92 Å². The van der Waals surface area contributed by atoms with Crippen LogP contribution in [0.15, 0.2) is 35.7 Å². The van der Waals surface area contributed by atoms with E-state index in [4.69, 9.17) is 4.74 Å². The molecule has 2 heterocycles. The topological polar surface area (TPSA) is 58.6 Å². The number of carbonyl (C=O) groups is 2. The highest BCUT2D eigenvalue weighted by Gasteiger charge is 2.21. The van der Waals surface area contributed by atoms with E-state index >= 15 is 0 Å². The first kappa shape index (κ1) is 15.7. The molecule has 23 heavy (non-hydrogen) atoms. The van der Waals surface area contributed by atoms with Gasteiger partial charge in [-0.3, -0.25) is 9.59 Å². The minimum Gasteiger partial charge on any atom is -0.378 e. The molecule has 1 N–H and O–H groups in total. The number of amides is 1. The van der Waals surface area contributed by atoms with Crippen LogP contribution in [0.25, 0.3) is 0 Å². The van der Waals surface area contributed by atoms with Gasteiger partial charge in [-0.2, -0.15) is 0 Å². The number of hydrogen-bond donors (Lipinski definition) is 1. The summed E-state index contributed by atoms with van der Waals surface area (Å²) in [6.07, 6.45) is 0. The minimum absolute atomic E-state index is 0.00196. The van der Waals surface area contributed by atoms with Gasteiger partial charge in [0, 0.05) is 31.3 Å². The first-order chi connectivity index (χ1) is 11.1. The van der Waals surface area contributed by atoms with Gasteiger partial charge in [0.15, 0.2) is 5.78 Å². The number of hydrogen-bond acceptors (Lipinski definition) is 5. The fourth-order valence-electron chi connectivity index (χ4n) is 2.55. The number of carbonyl (C=O) groups excluding carboxylic acids is 2. The van der Waals surface area contributed by atoms with E-state index in [1.165, 1.54) is 6.92 Å². The second-order valence-electron chi connectivity index (χ2n) is 5.33. The summed E-state index contributed by atoms with van der Waals surface area (Å²) < 4.78 is 5.37. The van der Waals surface area contributed by atoms with Gasteiger partial charge in [-0.25, -0.2) is 0 Å². The molecule has 1 saturated heterocycles. The highest BCUT2D eigenvalue weighted by atomic mass is 32.1. The van der Waals surface area contributed by atoms with E-state index in [0.717, 1.165) is 23.7 Å². The minimum atomic E-state index is -0.128. The lowest BCUT2D eigenvalue weighted by molar-refractivity contribution is -0.114. The molecule has 1 fully saturated rings. The lowest BCUT2D eigenvalue weighted by atomic mass is 10.0. The third-order valence-corrected chi connectivity index (χ3v) is 4.63. The third kappa shape index (κ3) is 3.60. The molecule has 0 saturated carbocycles. The molecule has 0 spiro atoms. The quantitative estimate of drug-likeness (QED) is 0.876. The molecule has 1 amide bonds. The first-order valence-electron chi connectivity index (χ1n) is 7.47. The van der Waals surface area contributed by atoms with Crippen LogP contribution in [0.2, 0.25) is 0 Å². The predicted octanol–water partition coefficient (Wildman–Crippen LogP) is 2.77. The van der Waals surface area contributed by atoms with Gasteiger partial charge in [0.2, 0.25) is 5.91 Å². The number of anilines is 2. The van der Waals surface area contributed by atoms with Gasteiger partial charge < -0.3 is 15.0 Å². The molecule has 0 atom stereocenters. The number of thiophene rings is 1. The molecular formula is C17H18N2O3S. The molecule has 0 bridgehead atoms. The van der Waals surface area contributed by atoms with Crippen molar-refractivity contribution >= 4 is 33.7 Å². The molecule has 5 nitrogen and oxygen atoms in total. The fraction of sp³-hybridized carbons (Fsp3) is 0.294. The highest BCUT2D eigenvalue weighted by molar-refractivity contribution is 7.14. The van der Waals surface area contributed by atoms with E-state index in [2.05, 4.69) is 10.2 Å². The highest BCUT2D eigenvalue weighted by Crippen LogP contribution is 2.30. The Morgan fingerprint density at radius 2 is 1.83 bits per heavy atom. The maximum atomic E-state index is 12.8. The van der Waals surface area contributed by atoms with Crippen LogP contribution in [0, 0.1) is 0 Å². The molecule has 0 unspecified atom stereocenters. The number of ether oxygens (including phenoxy) is 1. The number of nitrogens with one attached hydrogen (secondary N) is 1. The Balaban J connectivity index is 1.80. The summed E-state index contributed by atoms with van der Waals surface area (Å²) in [4.78, 5) is 26.0. The number of rotatable bonds is 4. The zero-order valence-corrected chi connectivity index (χ0v) is 13.7. The molecule has 3 rings (SSSR count). The van der Waals surface area contributed by atoms with Crippen LogP contribution in [-0.4, -0.2) is 38.0 Å². The van der Waals surface area contributed by atoms with Crippen molar-refractivity contribution in [3.8, 4) is 0 Å². The van der Waals surface area contributed by atoms with Gasteiger partial charge in [-0.05, 0) is 35.7 Å². The Labute approximate surface area is 138 Å². The average Bonchev–Trinajstić information content (AvgIpc) is 3.05.